The molecule has 0 rings (SSSR count). The summed E-state index contributed by atoms with van der Waals surface area (Å²) < 4.78 is 5.53. The second-order valence-electron chi connectivity index (χ2n) is 7.02. The molecule has 0 N–H and O–H groups in total. The number of hydrogen-bond donors (Lipinski definition) is 0. The highest BCUT2D eigenvalue weighted by Crippen LogP contribution is 2.31. The van der Waals surface area contributed by atoms with Crippen LogP contribution in [0.2, 0.25) is 6.04 Å². The Morgan fingerprint density at radius 2 is 1.10 bits per heavy atom. The lowest BCUT2D eigenvalue weighted by atomic mass is 10.3. The van der Waals surface area contributed by atoms with Gasteiger partial charge in [-0.3, -0.25) is 0 Å². The summed E-state index contributed by atoms with van der Waals surface area (Å²) in [5.41, 5.74) is 2.33. The van der Waals surface area contributed by atoms with Crippen molar-refractivity contribution in [2.45, 2.75) is 98.9 Å². The minimum atomic E-state index is -1.85. The van der Waals surface area contributed by atoms with Crippen molar-refractivity contribution in [3.8, 4) is 0 Å². The van der Waals surface area contributed by atoms with Crippen LogP contribution in [0.25, 0.3) is 0 Å². The Kier molecular flexibility index (Phi) is 8.30. The highest BCUT2D eigenvalue weighted by Gasteiger charge is 2.46. The molecule has 0 aliphatic carbocycles. The minimum absolute atomic E-state index is 0.561. The van der Waals surface area contributed by atoms with Crippen LogP contribution in [0.4, 0.5) is 0 Å². The molecular formula is C17H38N2Si. The average Bonchev–Trinajstić information content (AvgIpc) is 2.26. The molecule has 20 heavy (non-hydrogen) atoms. The van der Waals surface area contributed by atoms with Gasteiger partial charge in [-0.05, 0) is 30.2 Å². The van der Waals surface area contributed by atoms with Gasteiger partial charge in [0, 0.05) is 0 Å². The van der Waals surface area contributed by atoms with Gasteiger partial charge in [-0.1, -0.05) is 74.4 Å². The first-order valence-corrected chi connectivity index (χ1v) is 10.5. The SMILES string of the molecule is C=C[Si](CCC)(N(C(C)C)C(C)C)N(C(C)C)C(C)C. The third kappa shape index (κ3) is 4.19. The first-order valence-electron chi connectivity index (χ1n) is 8.36. The predicted octanol–water partition coefficient (Wildman–Crippen LogP) is 4.80. The van der Waals surface area contributed by atoms with Gasteiger partial charge in [-0.25, -0.2) is 0 Å². The number of rotatable bonds is 9. The van der Waals surface area contributed by atoms with Gasteiger partial charge < -0.3 is 9.13 Å². The second kappa shape index (κ2) is 8.35. The molecule has 2 nitrogen and oxygen atoms in total. The molecule has 0 aromatic heterocycles. The van der Waals surface area contributed by atoms with E-state index in [1.54, 1.807) is 0 Å². The Morgan fingerprint density at radius 3 is 1.25 bits per heavy atom. The quantitative estimate of drug-likeness (QED) is 0.564. The van der Waals surface area contributed by atoms with Gasteiger partial charge in [0.25, 0.3) is 0 Å². The summed E-state index contributed by atoms with van der Waals surface area (Å²) in [5, 5.41) is 0. The summed E-state index contributed by atoms with van der Waals surface area (Å²) in [5.74, 6) is 0. The van der Waals surface area contributed by atoms with Crippen molar-refractivity contribution in [1.82, 2.24) is 9.13 Å². The molecule has 120 valence electrons. The van der Waals surface area contributed by atoms with Crippen molar-refractivity contribution >= 4 is 8.40 Å². The molecule has 0 spiro atoms. The zero-order valence-electron chi connectivity index (χ0n) is 15.4. The summed E-state index contributed by atoms with van der Waals surface area (Å²) in [6, 6.07) is 3.51. The Labute approximate surface area is 129 Å². The van der Waals surface area contributed by atoms with Crippen LogP contribution in [0.15, 0.2) is 12.3 Å². The molecule has 0 saturated carbocycles. The lowest BCUT2D eigenvalue weighted by molar-refractivity contribution is 0.208. The highest BCUT2D eigenvalue weighted by atomic mass is 28.3. The first-order chi connectivity index (χ1) is 9.15. The fourth-order valence-corrected chi connectivity index (χ4v) is 9.78. The van der Waals surface area contributed by atoms with E-state index in [1.165, 1.54) is 12.5 Å². The highest BCUT2D eigenvalue weighted by molar-refractivity contribution is 6.79. The normalized spacial score (nSPS) is 13.6. The second-order valence-corrected chi connectivity index (χ2v) is 10.7. The summed E-state index contributed by atoms with van der Waals surface area (Å²) in [6.07, 6.45) is 1.23. The van der Waals surface area contributed by atoms with Gasteiger partial charge in [-0.2, -0.15) is 0 Å². The van der Waals surface area contributed by atoms with E-state index in [0.29, 0.717) is 24.2 Å². The zero-order valence-corrected chi connectivity index (χ0v) is 16.4. The maximum absolute atomic E-state index is 4.30. The summed E-state index contributed by atoms with van der Waals surface area (Å²) in [6.45, 7) is 25.3. The molecule has 3 heteroatoms. The van der Waals surface area contributed by atoms with Gasteiger partial charge in [0.15, 0.2) is 0 Å². The largest absolute Gasteiger partial charge is 0.304 e. The smallest absolute Gasteiger partial charge is 0.232 e. The maximum atomic E-state index is 4.30. The Bertz CT molecular complexity index is 249. The molecule has 0 amide bonds. The van der Waals surface area contributed by atoms with Crippen LogP contribution in [0.3, 0.4) is 0 Å². The van der Waals surface area contributed by atoms with Crippen LogP contribution < -0.4 is 0 Å². The Balaban J connectivity index is 5.96. The minimum Gasteiger partial charge on any atom is -0.304 e. The maximum Gasteiger partial charge on any atom is 0.232 e. The Morgan fingerprint density at radius 1 is 0.800 bits per heavy atom. The van der Waals surface area contributed by atoms with E-state index >= 15 is 0 Å². The molecule has 0 atom stereocenters. The van der Waals surface area contributed by atoms with Crippen molar-refractivity contribution < 1.29 is 0 Å². The van der Waals surface area contributed by atoms with E-state index in [2.05, 4.69) is 83.7 Å². The molecular weight excluding hydrogens is 260 g/mol. The van der Waals surface area contributed by atoms with Crippen molar-refractivity contribution in [3.05, 3.63) is 12.3 Å². The molecule has 0 aromatic carbocycles. The molecule has 0 aromatic rings. The molecule has 0 bridgehead atoms. The van der Waals surface area contributed by atoms with Crippen LogP contribution in [-0.2, 0) is 0 Å². The molecule has 0 aliphatic heterocycles. The molecule has 0 saturated heterocycles. The van der Waals surface area contributed by atoms with Crippen molar-refractivity contribution in [2.24, 2.45) is 0 Å². The lowest BCUT2D eigenvalue weighted by Gasteiger charge is -2.54. The van der Waals surface area contributed by atoms with Crippen molar-refractivity contribution in [3.63, 3.8) is 0 Å². The van der Waals surface area contributed by atoms with Crippen LogP contribution in [0.5, 0.6) is 0 Å². The third-order valence-corrected chi connectivity index (χ3v) is 9.81. The zero-order chi connectivity index (χ0) is 16.1. The van der Waals surface area contributed by atoms with Crippen LogP contribution in [0.1, 0.15) is 68.7 Å². The Hall–Kier alpha value is -0.123. The number of hydrogen-bond acceptors (Lipinski definition) is 2. The molecule has 0 unspecified atom stereocenters. The van der Waals surface area contributed by atoms with E-state index in [4.69, 9.17) is 0 Å². The fraction of sp³-hybridized carbons (Fsp3) is 0.882. The third-order valence-electron chi connectivity index (χ3n) is 4.06. The van der Waals surface area contributed by atoms with Gasteiger partial charge >= 0.3 is 0 Å². The van der Waals surface area contributed by atoms with Crippen molar-refractivity contribution in [1.29, 1.82) is 0 Å². The predicted molar refractivity (Wildman–Crippen MR) is 95.3 cm³/mol. The van der Waals surface area contributed by atoms with Crippen LogP contribution >= 0.6 is 0 Å². The topological polar surface area (TPSA) is 6.48 Å². The fourth-order valence-electron chi connectivity index (χ4n) is 4.05. The lowest BCUT2D eigenvalue weighted by Crippen LogP contribution is -2.71. The number of nitrogens with zero attached hydrogens (tertiary/aromatic N) is 2. The van der Waals surface area contributed by atoms with Gasteiger partial charge in [0.2, 0.25) is 8.40 Å². The van der Waals surface area contributed by atoms with E-state index in [0.717, 1.165) is 0 Å². The van der Waals surface area contributed by atoms with Gasteiger partial charge in [-0.15, -0.1) is 6.58 Å². The molecule has 0 radical (unpaired) electrons. The first kappa shape index (κ1) is 19.9. The molecule has 0 fully saturated rings. The summed E-state index contributed by atoms with van der Waals surface area (Å²) in [7, 11) is -1.85. The van der Waals surface area contributed by atoms with Crippen LogP contribution in [0, 0.1) is 0 Å². The van der Waals surface area contributed by atoms with E-state index in [9.17, 15) is 0 Å². The summed E-state index contributed by atoms with van der Waals surface area (Å²) >= 11 is 0. The average molecular weight is 299 g/mol. The van der Waals surface area contributed by atoms with Crippen molar-refractivity contribution in [2.75, 3.05) is 0 Å². The molecule has 0 heterocycles. The van der Waals surface area contributed by atoms with E-state index in [-0.39, 0.29) is 0 Å². The van der Waals surface area contributed by atoms with Gasteiger partial charge in [0.1, 0.15) is 0 Å². The van der Waals surface area contributed by atoms with E-state index in [1.807, 2.05) is 0 Å². The monoisotopic (exact) mass is 298 g/mol. The van der Waals surface area contributed by atoms with Gasteiger partial charge in [0.05, 0.1) is 0 Å². The summed E-state index contributed by atoms with van der Waals surface area (Å²) in [4.78, 5) is 0. The molecule has 0 aliphatic rings. The van der Waals surface area contributed by atoms with Crippen LogP contribution in [-0.4, -0.2) is 41.7 Å². The van der Waals surface area contributed by atoms with E-state index < -0.39 is 8.40 Å². The standard InChI is InChI=1S/C17H38N2Si/c1-11-13-20(12-2,18(14(3)4)15(5)6)19(16(7)8)17(9)10/h12,14-17H,2,11,13H2,1,3-10H3.